The van der Waals surface area contributed by atoms with Gasteiger partial charge in [0.1, 0.15) is 16.7 Å². The number of aliphatic imine (C=N–C) groups is 1. The standard InChI is InChI=1S/C26H29N5O6S/c32-21(10-4-1-7-17-12-11-16-6-5-14-28-24(16)29-17)27-15-13-20(26(34)35)31-25(33)22-23(38(36)37)18-8-2-3-9-19(18)30-22/h2-3,8-9,11-12,20H,1,4-7,10,13-15H2,(H,27,32)(H,28,29)(H,31,33)(H,34,35). The van der Waals surface area contributed by atoms with Crippen molar-refractivity contribution < 1.29 is 27.9 Å². The van der Waals surface area contributed by atoms with Crippen LogP contribution in [0, 0.1) is 0 Å². The lowest BCUT2D eigenvalue weighted by Gasteiger charge is -2.17. The maximum absolute atomic E-state index is 12.7. The molecule has 0 saturated heterocycles. The minimum Gasteiger partial charge on any atom is -0.480 e. The van der Waals surface area contributed by atoms with Crippen molar-refractivity contribution in [2.45, 2.75) is 51.0 Å². The second-order valence-electron chi connectivity index (χ2n) is 9.09. The summed E-state index contributed by atoms with van der Waals surface area (Å²) in [5.41, 5.74) is 2.45. The number of para-hydroxylation sites is 1. The van der Waals surface area contributed by atoms with Crippen molar-refractivity contribution in [2.24, 2.45) is 4.99 Å². The number of nitrogens with one attached hydrogen (secondary N) is 3. The highest BCUT2D eigenvalue weighted by Gasteiger charge is 2.31. The monoisotopic (exact) mass is 539 g/mol. The summed E-state index contributed by atoms with van der Waals surface area (Å²) in [7, 11) is -2.74. The van der Waals surface area contributed by atoms with Crippen molar-refractivity contribution in [3.8, 4) is 0 Å². The highest BCUT2D eigenvalue weighted by molar-refractivity contribution is 7.75. The molecule has 2 amide bonds. The lowest BCUT2D eigenvalue weighted by Crippen LogP contribution is -2.47. The molecule has 0 radical (unpaired) electrons. The Morgan fingerprint density at radius 3 is 2.71 bits per heavy atom. The van der Waals surface area contributed by atoms with Crippen LogP contribution in [0.3, 0.4) is 0 Å². The Balaban J connectivity index is 1.21. The Hall–Kier alpha value is -4.06. The van der Waals surface area contributed by atoms with Crippen LogP contribution in [-0.2, 0) is 37.5 Å². The van der Waals surface area contributed by atoms with Crippen LogP contribution < -0.4 is 16.0 Å². The van der Waals surface area contributed by atoms with E-state index in [0.29, 0.717) is 12.1 Å². The number of benzene rings is 1. The number of carboxylic acids is 1. The fourth-order valence-electron chi connectivity index (χ4n) is 4.41. The number of fused-ring (bicyclic) bond motifs is 2. The molecule has 12 heteroatoms. The predicted molar refractivity (Wildman–Crippen MR) is 142 cm³/mol. The minimum absolute atomic E-state index is 0.0326. The third-order valence-corrected chi connectivity index (χ3v) is 7.12. The zero-order valence-electron chi connectivity index (χ0n) is 20.7. The largest absolute Gasteiger partial charge is 0.480 e. The second-order valence-corrected chi connectivity index (χ2v) is 9.97. The molecule has 2 aliphatic rings. The zero-order valence-corrected chi connectivity index (χ0v) is 21.5. The number of aryl methyl sites for hydroxylation is 2. The molecule has 38 heavy (non-hydrogen) atoms. The topological polar surface area (TPSA) is 167 Å². The molecular formula is C26H29N5O6S. The van der Waals surface area contributed by atoms with Crippen molar-refractivity contribution in [2.75, 3.05) is 18.4 Å². The van der Waals surface area contributed by atoms with Gasteiger partial charge in [0, 0.05) is 30.8 Å². The molecule has 4 rings (SSSR count). The van der Waals surface area contributed by atoms with Gasteiger partial charge in [0.05, 0.1) is 5.69 Å². The average Bonchev–Trinajstić information content (AvgIpc) is 3.30. The van der Waals surface area contributed by atoms with Gasteiger partial charge in [0.15, 0.2) is 5.71 Å². The molecule has 1 unspecified atom stereocenters. The van der Waals surface area contributed by atoms with Crippen LogP contribution in [0.25, 0.3) is 0 Å². The normalized spacial score (nSPS) is 14.4. The number of aliphatic carboxylic acids is 1. The van der Waals surface area contributed by atoms with E-state index in [1.165, 1.54) is 11.6 Å². The van der Waals surface area contributed by atoms with Gasteiger partial charge >= 0.3 is 5.97 Å². The summed E-state index contributed by atoms with van der Waals surface area (Å²) in [5.74, 6) is -1.48. The molecule has 3 heterocycles. The van der Waals surface area contributed by atoms with Gasteiger partial charge in [-0.25, -0.2) is 14.8 Å². The van der Waals surface area contributed by atoms with Gasteiger partial charge in [0.25, 0.3) is 5.91 Å². The maximum atomic E-state index is 12.7. The molecule has 1 aromatic carbocycles. The van der Waals surface area contributed by atoms with E-state index in [1.807, 2.05) is 6.07 Å². The fraction of sp³-hybridized carbons (Fsp3) is 0.385. The molecule has 2 aliphatic heterocycles. The number of anilines is 1. The van der Waals surface area contributed by atoms with Crippen molar-refractivity contribution in [1.82, 2.24) is 15.6 Å². The third kappa shape index (κ3) is 6.62. The summed E-state index contributed by atoms with van der Waals surface area (Å²) < 4.78 is 23.4. The van der Waals surface area contributed by atoms with Crippen LogP contribution in [0.2, 0.25) is 0 Å². The number of amides is 2. The first-order chi connectivity index (χ1) is 18.3. The van der Waals surface area contributed by atoms with E-state index in [1.54, 1.807) is 18.2 Å². The minimum atomic E-state index is -2.74. The smallest absolute Gasteiger partial charge is 0.326 e. The molecule has 200 valence electrons. The van der Waals surface area contributed by atoms with Crippen LogP contribution >= 0.6 is 0 Å². The number of hydrogen-bond acceptors (Lipinski definition) is 8. The molecule has 0 saturated carbocycles. The van der Waals surface area contributed by atoms with E-state index in [2.05, 4.69) is 32.0 Å². The van der Waals surface area contributed by atoms with Gasteiger partial charge < -0.3 is 21.1 Å². The van der Waals surface area contributed by atoms with Crippen LogP contribution in [0.4, 0.5) is 11.5 Å². The van der Waals surface area contributed by atoms with Crippen LogP contribution in [0.15, 0.2) is 41.4 Å². The molecule has 2 aromatic rings. The van der Waals surface area contributed by atoms with Crippen molar-refractivity contribution in [3.05, 3.63) is 53.2 Å². The van der Waals surface area contributed by atoms with Gasteiger partial charge in [-0.15, -0.1) is 0 Å². The van der Waals surface area contributed by atoms with Crippen molar-refractivity contribution in [1.29, 1.82) is 0 Å². The van der Waals surface area contributed by atoms with E-state index in [4.69, 9.17) is 0 Å². The summed E-state index contributed by atoms with van der Waals surface area (Å²) in [6, 6.07) is 9.15. The van der Waals surface area contributed by atoms with Gasteiger partial charge in [-0.3, -0.25) is 9.59 Å². The number of unbranched alkanes of at least 4 members (excludes halogenated alkanes) is 1. The molecule has 0 bridgehead atoms. The van der Waals surface area contributed by atoms with Gasteiger partial charge in [-0.1, -0.05) is 24.3 Å². The Morgan fingerprint density at radius 1 is 1.11 bits per heavy atom. The first kappa shape index (κ1) is 27.0. The Kier molecular flexibility index (Phi) is 8.85. The lowest BCUT2D eigenvalue weighted by molar-refractivity contribution is -0.141. The van der Waals surface area contributed by atoms with Crippen LogP contribution in [0.5, 0.6) is 0 Å². The van der Waals surface area contributed by atoms with Gasteiger partial charge in [-0.05, 0) is 56.2 Å². The first-order valence-electron chi connectivity index (χ1n) is 12.5. The van der Waals surface area contributed by atoms with Crippen molar-refractivity contribution in [3.63, 3.8) is 0 Å². The van der Waals surface area contributed by atoms with E-state index in [9.17, 15) is 27.9 Å². The van der Waals surface area contributed by atoms with Crippen LogP contribution in [0.1, 0.15) is 48.9 Å². The third-order valence-electron chi connectivity index (χ3n) is 6.37. The Labute approximate surface area is 221 Å². The molecule has 0 spiro atoms. The molecular weight excluding hydrogens is 510 g/mol. The quantitative estimate of drug-likeness (QED) is 0.246. The first-order valence-corrected chi connectivity index (χ1v) is 13.6. The highest BCUT2D eigenvalue weighted by Crippen LogP contribution is 2.26. The van der Waals surface area contributed by atoms with E-state index in [0.717, 1.165) is 43.7 Å². The van der Waals surface area contributed by atoms with Gasteiger partial charge in [-0.2, -0.15) is 8.42 Å². The lowest BCUT2D eigenvalue weighted by atomic mass is 10.1. The summed E-state index contributed by atoms with van der Waals surface area (Å²) in [4.78, 5) is 45.0. The summed E-state index contributed by atoms with van der Waals surface area (Å²) in [6.45, 7) is 0.963. The Bertz CT molecular complexity index is 1410. The van der Waals surface area contributed by atoms with E-state index < -0.39 is 28.2 Å². The summed E-state index contributed by atoms with van der Waals surface area (Å²) >= 11 is 0. The fourth-order valence-corrected chi connectivity index (χ4v) is 5.06. The van der Waals surface area contributed by atoms with Crippen LogP contribution in [-0.4, -0.2) is 66.0 Å². The molecule has 0 fully saturated rings. The predicted octanol–water partition coefficient (Wildman–Crippen LogP) is 1.41. The average molecular weight is 540 g/mol. The molecule has 11 nitrogen and oxygen atoms in total. The van der Waals surface area contributed by atoms with Crippen molar-refractivity contribution >= 4 is 50.2 Å². The number of carbonyl (C=O) groups excluding carboxylic acids is 2. The number of pyridine rings is 1. The SMILES string of the molecule is O=C(CCCCc1ccc2c(n1)NCCC2)NCCC(NC(=O)C1=Nc2ccccc2C1=S(=O)=O)C(=O)O. The van der Waals surface area contributed by atoms with E-state index in [-0.39, 0.29) is 41.4 Å². The Morgan fingerprint density at radius 2 is 1.92 bits per heavy atom. The number of carbonyl (C=O) groups is 3. The van der Waals surface area contributed by atoms with Gasteiger partial charge in [0.2, 0.25) is 16.2 Å². The number of nitrogens with zero attached hydrogens (tertiary/aromatic N) is 2. The summed E-state index contributed by atoms with van der Waals surface area (Å²) in [6.07, 6.45) is 4.56. The highest BCUT2D eigenvalue weighted by atomic mass is 32.2. The number of rotatable bonds is 11. The van der Waals surface area contributed by atoms with E-state index >= 15 is 0 Å². The molecule has 0 aliphatic carbocycles. The second kappa shape index (κ2) is 12.5. The molecule has 1 aromatic heterocycles. The maximum Gasteiger partial charge on any atom is 0.326 e. The summed E-state index contributed by atoms with van der Waals surface area (Å²) in [5, 5.41) is 17.8. The number of hydrogen-bond donors (Lipinski definition) is 4. The number of carboxylic acid groups (broad SMARTS) is 1. The molecule has 1 atom stereocenters. The zero-order chi connectivity index (χ0) is 27.1. The molecule has 4 N–H and O–H groups in total. The number of aromatic nitrogens is 1.